The standard InChI is InChI=1S/C25H28N2O5/c28-23(27-14-6-7-17(27)15-24(29)30)12-5-13-26-25(31)32-16-22-20-10-3-1-8-18(20)19-9-2-4-11-21(19)22/h1-4,8-11,17,22H,5-7,12-16H2,(H,26,31)(H,29,30)/t17-/m0/s1. The number of carbonyl (C=O) groups is 3. The molecule has 4 rings (SSSR count). The second kappa shape index (κ2) is 9.85. The molecule has 0 radical (unpaired) electrons. The van der Waals surface area contributed by atoms with E-state index in [2.05, 4.69) is 29.6 Å². The number of nitrogens with one attached hydrogen (secondary N) is 1. The SMILES string of the molecule is O=C(O)C[C@@H]1CCCN1C(=O)CCCNC(=O)OCC1c2ccccc2-c2ccccc21. The smallest absolute Gasteiger partial charge is 0.407 e. The first-order chi connectivity index (χ1) is 15.5. The summed E-state index contributed by atoms with van der Waals surface area (Å²) < 4.78 is 5.50. The molecule has 0 unspecified atom stereocenters. The van der Waals surface area contributed by atoms with Crippen LogP contribution in [0.4, 0.5) is 4.79 Å². The van der Waals surface area contributed by atoms with Crippen molar-refractivity contribution in [2.45, 2.75) is 44.1 Å². The van der Waals surface area contributed by atoms with Crippen LogP contribution in [0.5, 0.6) is 0 Å². The first-order valence-electron chi connectivity index (χ1n) is 11.1. The van der Waals surface area contributed by atoms with Gasteiger partial charge in [-0.1, -0.05) is 48.5 Å². The average molecular weight is 437 g/mol. The Morgan fingerprint density at radius 1 is 1.03 bits per heavy atom. The third kappa shape index (κ3) is 4.77. The monoisotopic (exact) mass is 436 g/mol. The second-order valence-corrected chi connectivity index (χ2v) is 8.34. The van der Waals surface area contributed by atoms with Gasteiger partial charge in [0.05, 0.1) is 6.42 Å². The van der Waals surface area contributed by atoms with Gasteiger partial charge in [-0.05, 0) is 41.5 Å². The van der Waals surface area contributed by atoms with Gasteiger partial charge in [-0.25, -0.2) is 4.79 Å². The van der Waals surface area contributed by atoms with Crippen molar-refractivity contribution in [3.63, 3.8) is 0 Å². The van der Waals surface area contributed by atoms with Gasteiger partial charge >= 0.3 is 12.1 Å². The predicted octanol–water partition coefficient (Wildman–Crippen LogP) is 3.77. The fourth-order valence-corrected chi connectivity index (χ4v) is 4.80. The molecule has 32 heavy (non-hydrogen) atoms. The maximum atomic E-state index is 12.4. The van der Waals surface area contributed by atoms with Crippen molar-refractivity contribution in [1.82, 2.24) is 10.2 Å². The van der Waals surface area contributed by atoms with Gasteiger partial charge in [-0.15, -0.1) is 0 Å². The Bertz CT molecular complexity index is 960. The number of nitrogens with zero attached hydrogens (tertiary/aromatic N) is 1. The number of amides is 2. The lowest BCUT2D eigenvalue weighted by molar-refractivity contribution is -0.139. The molecule has 0 bridgehead atoms. The maximum absolute atomic E-state index is 12.4. The lowest BCUT2D eigenvalue weighted by Crippen LogP contribution is -2.37. The van der Waals surface area contributed by atoms with E-state index in [0.29, 0.717) is 19.5 Å². The van der Waals surface area contributed by atoms with E-state index in [0.717, 1.165) is 24.0 Å². The van der Waals surface area contributed by atoms with E-state index in [-0.39, 0.29) is 37.3 Å². The van der Waals surface area contributed by atoms with Gasteiger partial charge in [0.1, 0.15) is 6.61 Å². The van der Waals surface area contributed by atoms with Crippen LogP contribution in [0.25, 0.3) is 11.1 Å². The minimum atomic E-state index is -0.883. The Morgan fingerprint density at radius 3 is 2.34 bits per heavy atom. The van der Waals surface area contributed by atoms with Gasteiger partial charge < -0.3 is 20.1 Å². The summed E-state index contributed by atoms with van der Waals surface area (Å²) in [6.45, 7) is 1.19. The van der Waals surface area contributed by atoms with Gasteiger partial charge in [0, 0.05) is 31.5 Å². The topological polar surface area (TPSA) is 95.9 Å². The number of aliphatic carboxylic acids is 1. The molecule has 1 fully saturated rings. The molecular weight excluding hydrogens is 408 g/mol. The molecule has 1 aliphatic carbocycles. The van der Waals surface area contributed by atoms with E-state index in [9.17, 15) is 14.4 Å². The lowest BCUT2D eigenvalue weighted by Gasteiger charge is -2.23. The van der Waals surface area contributed by atoms with E-state index in [1.165, 1.54) is 11.1 Å². The van der Waals surface area contributed by atoms with Crippen LogP contribution in [-0.4, -0.2) is 53.7 Å². The first kappa shape index (κ1) is 21.9. The van der Waals surface area contributed by atoms with Crippen LogP contribution >= 0.6 is 0 Å². The highest BCUT2D eigenvalue weighted by Crippen LogP contribution is 2.44. The molecule has 1 saturated heterocycles. The van der Waals surface area contributed by atoms with E-state index >= 15 is 0 Å². The molecule has 1 heterocycles. The summed E-state index contributed by atoms with van der Waals surface area (Å²) in [5.74, 6) is -0.925. The van der Waals surface area contributed by atoms with Gasteiger partial charge in [0.25, 0.3) is 0 Å². The summed E-state index contributed by atoms with van der Waals surface area (Å²) in [5, 5.41) is 11.7. The number of rotatable bonds is 8. The van der Waals surface area contributed by atoms with Crippen LogP contribution in [-0.2, 0) is 14.3 Å². The van der Waals surface area contributed by atoms with Crippen molar-refractivity contribution in [1.29, 1.82) is 0 Å². The Hall–Kier alpha value is -3.35. The molecule has 2 amide bonds. The van der Waals surface area contributed by atoms with E-state index in [1.54, 1.807) is 4.90 Å². The number of carboxylic acids is 1. The molecule has 2 aromatic carbocycles. The van der Waals surface area contributed by atoms with Crippen LogP contribution in [0, 0.1) is 0 Å². The minimum absolute atomic E-state index is 0.0102. The maximum Gasteiger partial charge on any atom is 0.407 e. The molecular formula is C25H28N2O5. The molecule has 1 aliphatic heterocycles. The van der Waals surface area contributed by atoms with E-state index in [4.69, 9.17) is 9.84 Å². The third-order valence-corrected chi connectivity index (χ3v) is 6.29. The summed E-state index contributed by atoms with van der Waals surface area (Å²) >= 11 is 0. The summed E-state index contributed by atoms with van der Waals surface area (Å²) in [6, 6.07) is 16.1. The molecule has 0 spiro atoms. The first-order valence-corrected chi connectivity index (χ1v) is 11.1. The molecule has 7 nitrogen and oxygen atoms in total. The number of ether oxygens (including phenoxy) is 1. The summed E-state index contributed by atoms with van der Waals surface area (Å²) in [5.41, 5.74) is 4.68. The highest BCUT2D eigenvalue weighted by Gasteiger charge is 2.30. The zero-order valence-corrected chi connectivity index (χ0v) is 18.0. The molecule has 2 aromatic rings. The molecule has 2 N–H and O–H groups in total. The van der Waals surface area contributed by atoms with Crippen molar-refractivity contribution in [3.8, 4) is 11.1 Å². The van der Waals surface area contributed by atoms with E-state index in [1.807, 2.05) is 24.3 Å². The number of hydrogen-bond donors (Lipinski definition) is 2. The Balaban J connectivity index is 1.22. The Kier molecular flexibility index (Phi) is 6.73. The van der Waals surface area contributed by atoms with Crippen LogP contribution in [0.1, 0.15) is 49.1 Å². The van der Waals surface area contributed by atoms with Crippen molar-refractivity contribution in [3.05, 3.63) is 59.7 Å². The number of carboxylic acid groups (broad SMARTS) is 1. The fourth-order valence-electron chi connectivity index (χ4n) is 4.80. The summed E-state index contributed by atoms with van der Waals surface area (Å²) in [7, 11) is 0. The van der Waals surface area contributed by atoms with Gasteiger partial charge in [-0.2, -0.15) is 0 Å². The second-order valence-electron chi connectivity index (χ2n) is 8.34. The Morgan fingerprint density at radius 2 is 1.69 bits per heavy atom. The van der Waals surface area contributed by atoms with Crippen molar-refractivity contribution < 1.29 is 24.2 Å². The average Bonchev–Trinajstić information content (AvgIpc) is 3.37. The quantitative estimate of drug-likeness (QED) is 0.614. The number of likely N-dealkylation sites (tertiary alicyclic amines) is 1. The fraction of sp³-hybridized carbons (Fsp3) is 0.400. The number of alkyl carbamates (subject to hydrolysis) is 1. The third-order valence-electron chi connectivity index (χ3n) is 6.29. The molecule has 0 aromatic heterocycles. The summed E-state index contributed by atoms with van der Waals surface area (Å²) in [4.78, 5) is 37.2. The van der Waals surface area contributed by atoms with Gasteiger partial charge in [0.2, 0.25) is 5.91 Å². The van der Waals surface area contributed by atoms with E-state index < -0.39 is 12.1 Å². The van der Waals surface area contributed by atoms with Gasteiger partial charge in [-0.3, -0.25) is 9.59 Å². The molecule has 7 heteroatoms. The van der Waals surface area contributed by atoms with Crippen molar-refractivity contribution >= 4 is 18.0 Å². The molecule has 0 saturated carbocycles. The number of fused-ring (bicyclic) bond motifs is 3. The molecule has 1 atom stereocenters. The normalized spacial score (nSPS) is 17.0. The van der Waals surface area contributed by atoms with Crippen LogP contribution in [0.2, 0.25) is 0 Å². The van der Waals surface area contributed by atoms with Crippen LogP contribution in [0.15, 0.2) is 48.5 Å². The summed E-state index contributed by atoms with van der Waals surface area (Å²) in [6.07, 6.45) is 1.82. The van der Waals surface area contributed by atoms with Gasteiger partial charge in [0.15, 0.2) is 0 Å². The van der Waals surface area contributed by atoms with Crippen LogP contribution < -0.4 is 5.32 Å². The highest BCUT2D eigenvalue weighted by atomic mass is 16.5. The zero-order chi connectivity index (χ0) is 22.5. The lowest BCUT2D eigenvalue weighted by atomic mass is 9.98. The van der Waals surface area contributed by atoms with Crippen molar-refractivity contribution in [2.24, 2.45) is 0 Å². The van der Waals surface area contributed by atoms with Crippen molar-refractivity contribution in [2.75, 3.05) is 19.7 Å². The molecule has 168 valence electrons. The largest absolute Gasteiger partial charge is 0.481 e. The number of hydrogen-bond acceptors (Lipinski definition) is 4. The minimum Gasteiger partial charge on any atom is -0.481 e. The number of carbonyl (C=O) groups excluding carboxylic acids is 2. The van der Waals surface area contributed by atoms with Crippen LogP contribution in [0.3, 0.4) is 0 Å². The Labute approximate surface area is 187 Å². The highest BCUT2D eigenvalue weighted by molar-refractivity contribution is 5.79. The molecule has 2 aliphatic rings. The predicted molar refractivity (Wildman–Crippen MR) is 119 cm³/mol. The number of benzene rings is 2. The zero-order valence-electron chi connectivity index (χ0n) is 18.0.